The van der Waals surface area contributed by atoms with E-state index in [2.05, 4.69) is 0 Å². The normalized spacial score (nSPS) is 17.4. The summed E-state index contributed by atoms with van der Waals surface area (Å²) in [5.41, 5.74) is 1.21. The molecule has 0 aliphatic rings. The highest BCUT2D eigenvalue weighted by Crippen LogP contribution is 2.21. The Morgan fingerprint density at radius 1 is 1.07 bits per heavy atom. The first-order valence-electron chi connectivity index (χ1n) is 3.75. The Labute approximate surface area is 86.9 Å². The molecule has 14 heavy (non-hydrogen) atoms. The number of hydrogen-bond donors (Lipinski definition) is 0. The van der Waals surface area contributed by atoms with Crippen LogP contribution in [-0.4, -0.2) is 17.5 Å². The van der Waals surface area contributed by atoms with Crippen LogP contribution in [-0.2, 0) is 22.2 Å². The molecule has 0 aliphatic carbocycles. The fraction of sp³-hybridized carbons (Fsp3) is 0.250. The summed E-state index contributed by atoms with van der Waals surface area (Å²) in [5.74, 6) is 0. The highest BCUT2D eigenvalue weighted by molar-refractivity contribution is 7.96. The van der Waals surface area contributed by atoms with Crippen molar-refractivity contribution in [3.8, 4) is 0 Å². The largest absolute Gasteiger partial charge is 0.771 e. The highest BCUT2D eigenvalue weighted by atomic mass is 32.3. The van der Waals surface area contributed by atoms with Crippen molar-refractivity contribution in [3.05, 3.63) is 35.4 Å². The zero-order chi connectivity index (χ0) is 10.7. The zero-order valence-corrected chi connectivity index (χ0v) is 8.97. The minimum Gasteiger partial charge on any atom is -0.771 e. The molecule has 0 amide bonds. The third-order valence-corrected chi connectivity index (χ3v) is 3.89. The summed E-state index contributed by atoms with van der Waals surface area (Å²) in [6.45, 7) is 1.83. The molecule has 0 spiro atoms. The van der Waals surface area contributed by atoms with Gasteiger partial charge in [0.25, 0.3) is 0 Å². The molecule has 0 aliphatic heterocycles. The molecule has 0 N–H and O–H groups in total. The van der Waals surface area contributed by atoms with Gasteiger partial charge >= 0.3 is 0 Å². The standard InChI is InChI=1S/C8H10O4S2/c1-6-2-4-7(5-3-6)8(13(9)10)14(11)12/h2-5,8H,1H3,(H,9,10)(H,11,12)/p-2. The summed E-state index contributed by atoms with van der Waals surface area (Å²) in [5, 5.41) is 0. The van der Waals surface area contributed by atoms with Crippen LogP contribution in [0.25, 0.3) is 0 Å². The van der Waals surface area contributed by atoms with E-state index in [1.54, 1.807) is 12.1 Å². The highest BCUT2D eigenvalue weighted by Gasteiger charge is 2.12. The molecule has 6 heteroatoms. The Balaban J connectivity index is 3.06. The Morgan fingerprint density at radius 3 is 1.86 bits per heavy atom. The Morgan fingerprint density at radius 2 is 1.50 bits per heavy atom. The molecule has 1 aromatic carbocycles. The van der Waals surface area contributed by atoms with Crippen molar-refractivity contribution in [2.45, 2.75) is 11.5 Å². The lowest BCUT2D eigenvalue weighted by Gasteiger charge is -2.22. The van der Waals surface area contributed by atoms with Gasteiger partial charge in [0.1, 0.15) is 4.58 Å². The van der Waals surface area contributed by atoms with Crippen molar-refractivity contribution >= 4 is 22.2 Å². The molecule has 2 unspecified atom stereocenters. The van der Waals surface area contributed by atoms with Gasteiger partial charge in [0.05, 0.1) is 0 Å². The summed E-state index contributed by atoms with van der Waals surface area (Å²) in [4.78, 5) is 0. The molecule has 0 saturated carbocycles. The summed E-state index contributed by atoms with van der Waals surface area (Å²) in [6, 6.07) is 6.32. The molecule has 1 aromatic rings. The number of benzene rings is 1. The lowest BCUT2D eigenvalue weighted by molar-refractivity contribution is 0.515. The average Bonchev–Trinajstić information content (AvgIpc) is 2.07. The average molecular weight is 232 g/mol. The van der Waals surface area contributed by atoms with E-state index in [1.807, 2.05) is 6.92 Å². The van der Waals surface area contributed by atoms with Crippen molar-refractivity contribution in [3.63, 3.8) is 0 Å². The lowest BCUT2D eigenvalue weighted by Crippen LogP contribution is -2.11. The Kier molecular flexibility index (Phi) is 3.94. The first kappa shape index (κ1) is 11.5. The van der Waals surface area contributed by atoms with Gasteiger partial charge in [-0.2, -0.15) is 0 Å². The molecule has 4 nitrogen and oxygen atoms in total. The van der Waals surface area contributed by atoms with Crippen molar-refractivity contribution in [1.82, 2.24) is 0 Å². The topological polar surface area (TPSA) is 80.3 Å². The fourth-order valence-electron chi connectivity index (χ4n) is 1.01. The smallest absolute Gasteiger partial charge is 0.109 e. The van der Waals surface area contributed by atoms with Gasteiger partial charge in [-0.1, -0.05) is 29.8 Å². The molecule has 0 radical (unpaired) electrons. The molecule has 78 valence electrons. The SMILES string of the molecule is Cc1ccc(C(S(=O)[O-])S(=O)[O-])cc1. The second-order valence-electron chi connectivity index (χ2n) is 2.76. The Bertz CT molecular complexity index is 346. The van der Waals surface area contributed by atoms with Crippen LogP contribution in [0.3, 0.4) is 0 Å². The van der Waals surface area contributed by atoms with Gasteiger partial charge in [0, 0.05) is 0 Å². The van der Waals surface area contributed by atoms with Gasteiger partial charge in [0.15, 0.2) is 0 Å². The van der Waals surface area contributed by atoms with E-state index in [0.717, 1.165) is 5.56 Å². The minimum absolute atomic E-state index is 0.261. The minimum atomic E-state index is -2.65. The molecule has 2 atom stereocenters. The van der Waals surface area contributed by atoms with E-state index in [1.165, 1.54) is 12.1 Å². The molecule has 0 heterocycles. The van der Waals surface area contributed by atoms with E-state index < -0.39 is 26.7 Å². The summed E-state index contributed by atoms with van der Waals surface area (Å²) in [7, 11) is 0. The molecule has 0 saturated heterocycles. The van der Waals surface area contributed by atoms with E-state index in [9.17, 15) is 17.5 Å². The monoisotopic (exact) mass is 232 g/mol. The predicted molar refractivity (Wildman–Crippen MR) is 51.8 cm³/mol. The zero-order valence-electron chi connectivity index (χ0n) is 7.34. The lowest BCUT2D eigenvalue weighted by atomic mass is 10.2. The van der Waals surface area contributed by atoms with Gasteiger partial charge in [-0.3, -0.25) is 8.42 Å². The third kappa shape index (κ3) is 2.71. The van der Waals surface area contributed by atoms with Gasteiger partial charge in [-0.25, -0.2) is 0 Å². The van der Waals surface area contributed by atoms with Crippen LogP contribution in [0.15, 0.2) is 24.3 Å². The van der Waals surface area contributed by atoms with Crippen molar-refractivity contribution < 1.29 is 17.5 Å². The number of aryl methyl sites for hydroxylation is 1. The maximum atomic E-state index is 10.6. The predicted octanol–water partition coefficient (Wildman–Crippen LogP) is 0.752. The van der Waals surface area contributed by atoms with Crippen LogP contribution >= 0.6 is 0 Å². The van der Waals surface area contributed by atoms with Crippen LogP contribution in [0.4, 0.5) is 0 Å². The second kappa shape index (κ2) is 4.79. The van der Waals surface area contributed by atoms with Crippen LogP contribution in [0, 0.1) is 6.92 Å². The van der Waals surface area contributed by atoms with Gasteiger partial charge in [0.2, 0.25) is 0 Å². The van der Waals surface area contributed by atoms with E-state index in [4.69, 9.17) is 0 Å². The first-order valence-corrected chi connectivity index (χ1v) is 6.02. The molecule has 0 fully saturated rings. The first-order chi connectivity index (χ1) is 6.52. The molecular weight excluding hydrogens is 224 g/mol. The number of hydrogen-bond acceptors (Lipinski definition) is 4. The van der Waals surface area contributed by atoms with Gasteiger partial charge in [-0.15, -0.1) is 0 Å². The van der Waals surface area contributed by atoms with E-state index >= 15 is 0 Å². The summed E-state index contributed by atoms with van der Waals surface area (Å²) in [6.07, 6.45) is 0. The van der Waals surface area contributed by atoms with Crippen LogP contribution in [0.1, 0.15) is 15.7 Å². The van der Waals surface area contributed by atoms with Crippen molar-refractivity contribution in [2.75, 3.05) is 0 Å². The van der Waals surface area contributed by atoms with Gasteiger partial charge < -0.3 is 9.11 Å². The van der Waals surface area contributed by atoms with Crippen molar-refractivity contribution in [1.29, 1.82) is 0 Å². The third-order valence-electron chi connectivity index (χ3n) is 1.70. The second-order valence-corrected chi connectivity index (χ2v) is 5.05. The quantitative estimate of drug-likeness (QED) is 0.720. The maximum absolute atomic E-state index is 10.6. The molecule has 1 rings (SSSR count). The summed E-state index contributed by atoms with van der Waals surface area (Å²) >= 11 is -5.31. The fourth-order valence-corrected chi connectivity index (χ4v) is 2.28. The van der Waals surface area contributed by atoms with Crippen LogP contribution in [0.5, 0.6) is 0 Å². The van der Waals surface area contributed by atoms with Crippen LogP contribution in [0.2, 0.25) is 0 Å². The number of rotatable bonds is 3. The van der Waals surface area contributed by atoms with Gasteiger partial charge in [-0.05, 0) is 34.6 Å². The maximum Gasteiger partial charge on any atom is 0.109 e. The molecular formula is C8H8O4S2-2. The van der Waals surface area contributed by atoms with Crippen LogP contribution < -0.4 is 0 Å². The Hall–Kier alpha value is -0.560. The molecule has 0 bridgehead atoms. The van der Waals surface area contributed by atoms with E-state index in [-0.39, 0.29) is 5.56 Å². The van der Waals surface area contributed by atoms with Crippen molar-refractivity contribution in [2.24, 2.45) is 0 Å². The molecule has 0 aromatic heterocycles. The summed E-state index contributed by atoms with van der Waals surface area (Å²) < 4.78 is 41.1. The van der Waals surface area contributed by atoms with E-state index in [0.29, 0.717) is 0 Å².